The van der Waals surface area contributed by atoms with Gasteiger partial charge in [-0.25, -0.2) is 0 Å². The predicted octanol–water partition coefficient (Wildman–Crippen LogP) is 3.37. The second-order valence-electron chi connectivity index (χ2n) is 6.54. The molecule has 0 aliphatic rings. The van der Waals surface area contributed by atoms with E-state index in [1.807, 2.05) is 54.2 Å². The van der Waals surface area contributed by atoms with Crippen LogP contribution in [0.15, 0.2) is 73.1 Å². The van der Waals surface area contributed by atoms with Gasteiger partial charge in [0, 0.05) is 29.7 Å². The fourth-order valence-electron chi connectivity index (χ4n) is 3.01. The van der Waals surface area contributed by atoms with E-state index in [-0.39, 0.29) is 12.6 Å². The van der Waals surface area contributed by atoms with Crippen LogP contribution in [0.3, 0.4) is 0 Å². The lowest BCUT2D eigenvalue weighted by Gasteiger charge is -2.16. The van der Waals surface area contributed by atoms with Crippen LogP contribution in [0.25, 0.3) is 17.0 Å². The number of H-pyrrole nitrogens is 1. The predicted molar refractivity (Wildman–Crippen MR) is 109 cm³/mol. The Labute approximate surface area is 159 Å². The van der Waals surface area contributed by atoms with Gasteiger partial charge in [0.2, 0.25) is 0 Å². The molecular formula is C22H25N3O2. The lowest BCUT2D eigenvalue weighted by molar-refractivity contribution is 0.205. The Morgan fingerprint density at radius 1 is 1.15 bits per heavy atom. The van der Waals surface area contributed by atoms with Crippen molar-refractivity contribution in [2.75, 3.05) is 6.61 Å². The van der Waals surface area contributed by atoms with Gasteiger partial charge in [0.25, 0.3) is 0 Å². The van der Waals surface area contributed by atoms with E-state index in [1.54, 1.807) is 6.08 Å². The van der Waals surface area contributed by atoms with Crippen LogP contribution >= 0.6 is 0 Å². The molecule has 1 heterocycles. The van der Waals surface area contributed by atoms with Crippen LogP contribution in [-0.2, 0) is 13.0 Å². The smallest absolute Gasteiger partial charge is 0.0588 e. The highest BCUT2D eigenvalue weighted by molar-refractivity contribution is 5.83. The van der Waals surface area contributed by atoms with E-state index in [1.165, 1.54) is 10.9 Å². The Hall–Kier alpha value is -2.86. The number of allylic oxidation sites excluding steroid dienone is 1. The number of aromatic nitrogens is 1. The van der Waals surface area contributed by atoms with Crippen LogP contribution in [0.4, 0.5) is 0 Å². The van der Waals surface area contributed by atoms with E-state index >= 15 is 0 Å². The summed E-state index contributed by atoms with van der Waals surface area (Å²) in [5.74, 6) is 0. The maximum absolute atomic E-state index is 9.75. The molecule has 3 rings (SSSR count). The van der Waals surface area contributed by atoms with Crippen molar-refractivity contribution < 1.29 is 10.3 Å². The highest BCUT2D eigenvalue weighted by Crippen LogP contribution is 2.19. The molecule has 0 spiro atoms. The molecule has 1 atom stereocenters. The third kappa shape index (κ3) is 5.08. The fourth-order valence-corrected chi connectivity index (χ4v) is 3.01. The lowest BCUT2D eigenvalue weighted by Crippen LogP contribution is -2.33. The van der Waals surface area contributed by atoms with Crippen LogP contribution in [-0.4, -0.2) is 27.9 Å². The molecule has 0 aliphatic heterocycles. The van der Waals surface area contributed by atoms with Crippen molar-refractivity contribution in [2.24, 2.45) is 0 Å². The third-order valence-corrected chi connectivity index (χ3v) is 4.56. The van der Waals surface area contributed by atoms with E-state index in [0.717, 1.165) is 23.1 Å². The molecule has 0 unspecified atom stereocenters. The first-order chi connectivity index (χ1) is 13.2. The van der Waals surface area contributed by atoms with Crippen molar-refractivity contribution in [1.29, 1.82) is 0 Å². The Bertz CT molecular complexity index is 913. The van der Waals surface area contributed by atoms with Crippen molar-refractivity contribution in [3.05, 3.63) is 89.8 Å². The first-order valence-corrected chi connectivity index (χ1v) is 8.95. The lowest BCUT2D eigenvalue weighted by atomic mass is 10.0. The van der Waals surface area contributed by atoms with Gasteiger partial charge in [0.15, 0.2) is 0 Å². The Kier molecular flexibility index (Phi) is 6.44. The fraction of sp³-hybridized carbons (Fsp3) is 0.182. The van der Waals surface area contributed by atoms with Gasteiger partial charge < -0.3 is 15.4 Å². The topological polar surface area (TPSA) is 80.3 Å². The number of hydrogen-bond acceptors (Lipinski definition) is 4. The average Bonchev–Trinajstić information content (AvgIpc) is 3.13. The summed E-state index contributed by atoms with van der Waals surface area (Å²) in [6.45, 7) is 4.39. The zero-order valence-electron chi connectivity index (χ0n) is 15.2. The molecule has 0 fully saturated rings. The van der Waals surface area contributed by atoms with Crippen LogP contribution in [0.1, 0.15) is 16.7 Å². The zero-order valence-corrected chi connectivity index (χ0v) is 15.2. The monoisotopic (exact) mass is 363 g/mol. The summed E-state index contributed by atoms with van der Waals surface area (Å²) in [4.78, 5) is 3.28. The summed E-state index contributed by atoms with van der Waals surface area (Å²) in [7, 11) is 0. The van der Waals surface area contributed by atoms with Crippen LogP contribution < -0.4 is 10.8 Å². The maximum Gasteiger partial charge on any atom is 0.0588 e. The summed E-state index contributed by atoms with van der Waals surface area (Å²) in [5, 5.41) is 23.1. The first kappa shape index (κ1) is 18.9. The van der Waals surface area contributed by atoms with E-state index in [4.69, 9.17) is 5.21 Å². The number of hydrogen-bond donors (Lipinski definition) is 5. The molecule has 5 nitrogen and oxygen atoms in total. The molecule has 140 valence electrons. The second kappa shape index (κ2) is 9.19. The van der Waals surface area contributed by atoms with Gasteiger partial charge in [-0.1, -0.05) is 55.1 Å². The van der Waals surface area contributed by atoms with E-state index < -0.39 is 0 Å². The summed E-state index contributed by atoms with van der Waals surface area (Å²) >= 11 is 0. The number of aromatic amines is 1. The Morgan fingerprint density at radius 3 is 2.67 bits per heavy atom. The molecule has 2 aromatic carbocycles. The molecule has 0 saturated heterocycles. The molecule has 3 aromatic rings. The van der Waals surface area contributed by atoms with Crippen molar-refractivity contribution in [1.82, 2.24) is 15.8 Å². The van der Waals surface area contributed by atoms with Crippen molar-refractivity contribution in [3.8, 4) is 0 Å². The number of para-hydroxylation sites is 1. The third-order valence-electron chi connectivity index (χ3n) is 4.56. The molecule has 27 heavy (non-hydrogen) atoms. The normalized spacial score (nSPS) is 12.5. The Morgan fingerprint density at radius 2 is 1.93 bits per heavy atom. The van der Waals surface area contributed by atoms with Crippen molar-refractivity contribution in [2.45, 2.75) is 19.0 Å². The van der Waals surface area contributed by atoms with Gasteiger partial charge in [-0.05, 0) is 35.3 Å². The maximum atomic E-state index is 9.75. The molecule has 0 amide bonds. The quantitative estimate of drug-likeness (QED) is 0.298. The molecule has 0 bridgehead atoms. The minimum absolute atomic E-state index is 0.0114. The van der Waals surface area contributed by atoms with Crippen LogP contribution in [0, 0.1) is 0 Å². The van der Waals surface area contributed by atoms with E-state index in [9.17, 15) is 5.11 Å². The van der Waals surface area contributed by atoms with Gasteiger partial charge in [0.1, 0.15) is 0 Å². The first-order valence-electron chi connectivity index (χ1n) is 8.95. The number of hydroxylamine groups is 1. The van der Waals surface area contributed by atoms with E-state index in [0.29, 0.717) is 12.2 Å². The van der Waals surface area contributed by atoms with Crippen molar-refractivity contribution >= 4 is 17.0 Å². The molecule has 5 N–H and O–H groups in total. The number of nitrogens with one attached hydrogen (secondary N) is 3. The zero-order chi connectivity index (χ0) is 19.1. The number of benzene rings is 2. The highest BCUT2D eigenvalue weighted by Gasteiger charge is 2.11. The molecule has 0 saturated carbocycles. The standard InChI is InChI=1S/C22H25N3O2/c1-16(25-27)6-7-17-8-10-18(11-9-17)13-23-20(15-26)12-19-14-24-22-5-3-2-4-21(19)22/h2-11,14,20,23-27H,1,12-13,15H2/b7-6+/t20-/m1/s1. The van der Waals surface area contributed by atoms with Gasteiger partial charge in [0.05, 0.1) is 12.3 Å². The SMILES string of the molecule is C=C(/C=C/c1ccc(CN[C@@H](CO)Cc2c[nH]c3ccccc23)cc1)NO. The minimum atomic E-state index is -0.0114. The minimum Gasteiger partial charge on any atom is -0.395 e. The highest BCUT2D eigenvalue weighted by atomic mass is 16.5. The van der Waals surface area contributed by atoms with Crippen molar-refractivity contribution in [3.63, 3.8) is 0 Å². The summed E-state index contributed by atoms with van der Waals surface area (Å²) in [6, 6.07) is 16.3. The van der Waals surface area contributed by atoms with Gasteiger partial charge >= 0.3 is 0 Å². The molecule has 0 radical (unpaired) electrons. The molecular weight excluding hydrogens is 338 g/mol. The Balaban J connectivity index is 1.57. The molecule has 0 aliphatic carbocycles. The number of aliphatic hydroxyl groups excluding tert-OH is 1. The van der Waals surface area contributed by atoms with Gasteiger partial charge in [-0.3, -0.25) is 10.7 Å². The summed E-state index contributed by atoms with van der Waals surface area (Å²) in [6.07, 6.45) is 6.36. The van der Waals surface area contributed by atoms with E-state index in [2.05, 4.69) is 29.0 Å². The average molecular weight is 363 g/mol. The van der Waals surface area contributed by atoms with Gasteiger partial charge in [-0.2, -0.15) is 0 Å². The number of fused-ring (bicyclic) bond motifs is 1. The molecule has 1 aromatic heterocycles. The number of aliphatic hydroxyl groups is 1. The van der Waals surface area contributed by atoms with Crippen LogP contribution in [0.2, 0.25) is 0 Å². The summed E-state index contributed by atoms with van der Waals surface area (Å²) < 4.78 is 0. The van der Waals surface area contributed by atoms with Gasteiger partial charge in [-0.15, -0.1) is 0 Å². The van der Waals surface area contributed by atoms with Crippen LogP contribution in [0.5, 0.6) is 0 Å². The number of rotatable bonds is 9. The largest absolute Gasteiger partial charge is 0.395 e. The molecule has 5 heteroatoms. The summed E-state index contributed by atoms with van der Waals surface area (Å²) in [5.41, 5.74) is 6.92. The second-order valence-corrected chi connectivity index (χ2v) is 6.54.